The molecule has 0 fully saturated rings. The van der Waals surface area contributed by atoms with Gasteiger partial charge in [-0.15, -0.1) is 0 Å². The lowest BCUT2D eigenvalue weighted by Gasteiger charge is -2.28. The number of likely N-dealkylation sites (N-methyl/N-ethyl adjacent to an activating group) is 1. The van der Waals surface area contributed by atoms with Crippen LogP contribution in [0.3, 0.4) is 0 Å². The summed E-state index contributed by atoms with van der Waals surface area (Å²) in [7, 11) is 1.31. The van der Waals surface area contributed by atoms with Crippen molar-refractivity contribution < 1.29 is 37.3 Å². The van der Waals surface area contributed by atoms with Gasteiger partial charge in [0.25, 0.3) is 7.82 Å². The summed E-state index contributed by atoms with van der Waals surface area (Å²) in [6, 6.07) is 0. The molecule has 0 aliphatic carbocycles. The number of unbranched alkanes of at least 4 members (excludes halogenated alkanes) is 14. The summed E-state index contributed by atoms with van der Waals surface area (Å²) >= 11 is 0. The molecule has 0 aliphatic rings. The number of esters is 1. The van der Waals surface area contributed by atoms with E-state index in [2.05, 4.69) is 98.9 Å². The zero-order valence-electron chi connectivity index (χ0n) is 38.4. The maximum absolute atomic E-state index is 12.7. The van der Waals surface area contributed by atoms with Gasteiger partial charge in [0.15, 0.2) is 0 Å². The topological polar surface area (TPSA) is 94.1 Å². The van der Waals surface area contributed by atoms with Crippen molar-refractivity contribution in [3.63, 3.8) is 0 Å². The summed E-state index contributed by atoms with van der Waals surface area (Å²) in [5.74, 6) is -0.393. The lowest BCUT2D eigenvalue weighted by atomic mass is 10.0. The molecule has 9 heteroatoms. The van der Waals surface area contributed by atoms with Gasteiger partial charge in [-0.25, -0.2) is 0 Å². The maximum atomic E-state index is 12.7. The van der Waals surface area contributed by atoms with E-state index in [0.29, 0.717) is 24.1 Å². The fourth-order valence-electron chi connectivity index (χ4n) is 5.89. The molecular weight excluding hydrogens is 758 g/mol. The quantitative estimate of drug-likeness (QED) is 0.0199. The van der Waals surface area contributed by atoms with Gasteiger partial charge in [0.1, 0.15) is 19.3 Å². The summed E-state index contributed by atoms with van der Waals surface area (Å²) in [4.78, 5) is 25.1. The Balaban J connectivity index is 4.33. The van der Waals surface area contributed by atoms with Gasteiger partial charge in [0.05, 0.1) is 34.4 Å². The van der Waals surface area contributed by atoms with Gasteiger partial charge in [-0.1, -0.05) is 182 Å². The number of hydrogen-bond donors (Lipinski definition) is 0. The fraction of sp³-hybridized carbons (Fsp3) is 0.700. The van der Waals surface area contributed by atoms with Crippen molar-refractivity contribution in [1.82, 2.24) is 0 Å². The Morgan fingerprint density at radius 3 is 1.41 bits per heavy atom. The number of carbonyl (C=O) groups is 1. The lowest BCUT2D eigenvalue weighted by molar-refractivity contribution is -0.870. The van der Waals surface area contributed by atoms with Crippen molar-refractivity contribution in [2.24, 2.45) is 0 Å². The number of phosphoric acid groups is 1. The molecule has 0 aliphatic heterocycles. The van der Waals surface area contributed by atoms with Crippen LogP contribution in [-0.2, 0) is 27.9 Å². The van der Waals surface area contributed by atoms with Crippen molar-refractivity contribution in [1.29, 1.82) is 0 Å². The molecule has 340 valence electrons. The molecule has 0 aromatic heterocycles. The standard InChI is InChI=1S/C50H88NO7P/c1-6-8-10-12-14-16-18-20-22-23-24-25-26-27-28-29-30-31-33-35-37-39-41-43-50(52)58-49(48-57-59(53,54)56-46-44-51(3,4)5)47-55-45-42-40-38-36-34-32-21-19-17-15-13-11-9-7-2/h8,10,14,16,20,22,24-25,27-28,30-31,35,37,49H,6-7,9,11-13,15,17-19,21,23,26,29,32-34,36,38-48H2,1-5H3/b10-8-,16-14-,22-20-,25-24-,28-27-,31-30-,37-35-. The number of allylic oxidation sites excluding steroid dienone is 14. The monoisotopic (exact) mass is 846 g/mol. The molecule has 59 heavy (non-hydrogen) atoms. The molecule has 0 aromatic rings. The van der Waals surface area contributed by atoms with E-state index >= 15 is 0 Å². The molecule has 0 rings (SSSR count). The molecule has 0 bridgehead atoms. The van der Waals surface area contributed by atoms with Crippen molar-refractivity contribution in [2.45, 2.75) is 174 Å². The summed E-state index contributed by atoms with van der Waals surface area (Å²) in [6.07, 6.45) is 56.1. The second-order valence-electron chi connectivity index (χ2n) is 16.4. The maximum Gasteiger partial charge on any atom is 0.306 e. The second-order valence-corrected chi connectivity index (χ2v) is 17.8. The third-order valence-corrected chi connectivity index (χ3v) is 10.4. The summed E-state index contributed by atoms with van der Waals surface area (Å²) in [5.41, 5.74) is 0. The van der Waals surface area contributed by atoms with Gasteiger partial charge >= 0.3 is 5.97 Å². The van der Waals surface area contributed by atoms with Crippen LogP contribution in [-0.4, -0.2) is 70.7 Å². The van der Waals surface area contributed by atoms with Crippen LogP contribution >= 0.6 is 7.82 Å². The predicted octanol–water partition coefficient (Wildman–Crippen LogP) is 13.4. The van der Waals surface area contributed by atoms with Crippen molar-refractivity contribution >= 4 is 13.8 Å². The van der Waals surface area contributed by atoms with Gasteiger partial charge in [-0.05, 0) is 64.2 Å². The largest absolute Gasteiger partial charge is 0.756 e. The van der Waals surface area contributed by atoms with Crippen LogP contribution in [0, 0.1) is 0 Å². The Labute approximate surface area is 363 Å². The van der Waals surface area contributed by atoms with Crippen LogP contribution in [0.2, 0.25) is 0 Å². The first kappa shape index (κ1) is 56.7. The molecule has 2 atom stereocenters. The van der Waals surface area contributed by atoms with Crippen LogP contribution < -0.4 is 4.89 Å². The Kier molecular flexibility index (Phi) is 40.7. The molecular formula is C50H88NO7P. The number of rotatable bonds is 42. The average Bonchev–Trinajstić information content (AvgIpc) is 3.19. The van der Waals surface area contributed by atoms with Crippen molar-refractivity contribution in [3.8, 4) is 0 Å². The highest BCUT2D eigenvalue weighted by Gasteiger charge is 2.20. The molecule has 0 N–H and O–H groups in total. The minimum Gasteiger partial charge on any atom is -0.756 e. The molecule has 0 radical (unpaired) electrons. The van der Waals surface area contributed by atoms with Crippen LogP contribution in [0.1, 0.15) is 168 Å². The van der Waals surface area contributed by atoms with E-state index in [9.17, 15) is 14.3 Å². The molecule has 0 spiro atoms. The van der Waals surface area contributed by atoms with Gasteiger partial charge < -0.3 is 27.9 Å². The number of phosphoric ester groups is 1. The molecule has 0 saturated carbocycles. The second kappa shape index (κ2) is 42.4. The summed E-state index contributed by atoms with van der Waals surface area (Å²) in [5, 5.41) is 0. The smallest absolute Gasteiger partial charge is 0.306 e. The fourth-order valence-corrected chi connectivity index (χ4v) is 6.62. The van der Waals surface area contributed by atoms with Crippen molar-refractivity contribution in [3.05, 3.63) is 85.1 Å². The normalized spacial score (nSPS) is 14.5. The van der Waals surface area contributed by atoms with Crippen LogP contribution in [0.4, 0.5) is 0 Å². The van der Waals surface area contributed by atoms with Gasteiger partial charge in [0.2, 0.25) is 0 Å². The summed E-state index contributed by atoms with van der Waals surface area (Å²) in [6.45, 7) is 5.21. The molecule has 0 heterocycles. The molecule has 0 amide bonds. The number of carbonyl (C=O) groups excluding carboxylic acids is 1. The van der Waals surface area contributed by atoms with E-state index in [1.807, 2.05) is 21.1 Å². The van der Waals surface area contributed by atoms with E-state index in [0.717, 1.165) is 64.2 Å². The number of hydrogen-bond acceptors (Lipinski definition) is 7. The minimum atomic E-state index is -4.55. The van der Waals surface area contributed by atoms with E-state index in [1.54, 1.807) is 0 Å². The third kappa shape index (κ3) is 46.6. The van der Waals surface area contributed by atoms with Crippen molar-refractivity contribution in [2.75, 3.05) is 54.1 Å². The zero-order valence-corrected chi connectivity index (χ0v) is 39.3. The van der Waals surface area contributed by atoms with Gasteiger partial charge in [-0.2, -0.15) is 0 Å². The predicted molar refractivity (Wildman–Crippen MR) is 249 cm³/mol. The van der Waals surface area contributed by atoms with Crippen LogP contribution in [0.5, 0.6) is 0 Å². The Morgan fingerprint density at radius 1 is 0.542 bits per heavy atom. The van der Waals surface area contributed by atoms with Crippen LogP contribution in [0.25, 0.3) is 0 Å². The number of ether oxygens (including phenoxy) is 2. The van der Waals surface area contributed by atoms with E-state index < -0.39 is 19.9 Å². The molecule has 2 unspecified atom stereocenters. The van der Waals surface area contributed by atoms with Crippen LogP contribution in [0.15, 0.2) is 85.1 Å². The third-order valence-electron chi connectivity index (χ3n) is 9.46. The van der Waals surface area contributed by atoms with Gasteiger partial charge in [0, 0.05) is 13.0 Å². The SMILES string of the molecule is CC/C=C\C/C=C\C/C=C\C/C=C\C/C=C\C/C=C\C/C=C\CCCC(=O)OC(COCCCCCCCCCCCCCCCC)COP(=O)([O-])OCC[N+](C)(C)C. The number of nitrogens with zero attached hydrogens (tertiary/aromatic N) is 1. The molecule has 0 aromatic carbocycles. The Morgan fingerprint density at radius 2 is 0.966 bits per heavy atom. The molecule has 0 saturated heterocycles. The highest BCUT2D eigenvalue weighted by molar-refractivity contribution is 7.45. The minimum absolute atomic E-state index is 0.0119. The lowest BCUT2D eigenvalue weighted by Crippen LogP contribution is -2.37. The van der Waals surface area contributed by atoms with E-state index in [-0.39, 0.29) is 26.2 Å². The van der Waals surface area contributed by atoms with E-state index in [1.165, 1.54) is 77.0 Å². The first-order chi connectivity index (χ1) is 28.6. The highest BCUT2D eigenvalue weighted by atomic mass is 31.2. The number of quaternary nitrogens is 1. The first-order valence-corrected chi connectivity index (χ1v) is 24.8. The van der Waals surface area contributed by atoms with E-state index in [4.69, 9.17) is 18.5 Å². The Hall–Kier alpha value is -2.32. The Bertz CT molecular complexity index is 1210. The average molecular weight is 846 g/mol. The first-order valence-electron chi connectivity index (χ1n) is 23.3. The zero-order chi connectivity index (χ0) is 43.4. The summed E-state index contributed by atoms with van der Waals surface area (Å²) < 4.78 is 34.6. The molecule has 8 nitrogen and oxygen atoms in total. The van der Waals surface area contributed by atoms with Gasteiger partial charge in [-0.3, -0.25) is 9.36 Å². The highest BCUT2D eigenvalue weighted by Crippen LogP contribution is 2.38.